The van der Waals surface area contributed by atoms with Crippen molar-refractivity contribution in [1.29, 1.82) is 5.26 Å². The van der Waals surface area contributed by atoms with Crippen LogP contribution in [0.3, 0.4) is 0 Å². The lowest BCUT2D eigenvalue weighted by Gasteiger charge is -2.39. The molecule has 1 fully saturated rings. The molecule has 1 saturated heterocycles. The van der Waals surface area contributed by atoms with E-state index in [9.17, 15) is 10.1 Å². The van der Waals surface area contributed by atoms with Crippen LogP contribution in [0, 0.1) is 11.3 Å². The molecule has 0 aliphatic carbocycles. The summed E-state index contributed by atoms with van der Waals surface area (Å²) >= 11 is 0. The molecule has 0 bridgehead atoms. The van der Waals surface area contributed by atoms with Crippen molar-refractivity contribution in [1.82, 2.24) is 14.2 Å². The molecule has 0 radical (unpaired) electrons. The zero-order valence-electron chi connectivity index (χ0n) is 34.6. The van der Waals surface area contributed by atoms with Crippen molar-refractivity contribution >= 4 is 14.3 Å². The fourth-order valence-electron chi connectivity index (χ4n) is 7.34. The van der Waals surface area contributed by atoms with Crippen molar-refractivity contribution in [2.24, 2.45) is 0 Å². The van der Waals surface area contributed by atoms with Crippen LogP contribution < -0.4 is 20.5 Å². The van der Waals surface area contributed by atoms with Crippen molar-refractivity contribution in [3.8, 4) is 17.6 Å². The molecule has 310 valence electrons. The zero-order valence-corrected chi connectivity index (χ0v) is 35.5. The van der Waals surface area contributed by atoms with Crippen molar-refractivity contribution in [2.45, 2.75) is 83.2 Å². The van der Waals surface area contributed by atoms with Crippen LogP contribution in [0.2, 0.25) is 0 Å². The van der Waals surface area contributed by atoms with Gasteiger partial charge in [-0.05, 0) is 80.3 Å². The Labute approximate surface area is 348 Å². The van der Waals surface area contributed by atoms with Crippen molar-refractivity contribution in [2.75, 3.05) is 32.8 Å². The summed E-state index contributed by atoms with van der Waals surface area (Å²) in [5, 5.41) is 12.6. The predicted molar refractivity (Wildman–Crippen MR) is 229 cm³/mol. The van der Waals surface area contributed by atoms with Crippen LogP contribution in [0.25, 0.3) is 0 Å². The van der Waals surface area contributed by atoms with Crippen LogP contribution in [0.4, 0.5) is 5.82 Å². The van der Waals surface area contributed by atoms with E-state index in [0.29, 0.717) is 30.3 Å². The summed E-state index contributed by atoms with van der Waals surface area (Å²) < 4.78 is 42.2. The Bertz CT molecular complexity index is 2090. The van der Waals surface area contributed by atoms with Crippen LogP contribution in [-0.4, -0.2) is 65.9 Å². The van der Waals surface area contributed by atoms with E-state index in [1.165, 1.54) is 4.57 Å². The number of hydrogen-bond donors (Lipinski definition) is 1. The summed E-state index contributed by atoms with van der Waals surface area (Å²) in [6.07, 6.45) is 0.298. The SMILES string of the molecule is COc1ccc(C(OC[C@H]2O[C@@H](n3ccc(NCc4ccccc4)nc3=O)C[C@H]2OP(OCCC#N)N(C(C)C)C(C)C)(c2ccccc2)c2ccc(OC)cc2)cc1. The first-order chi connectivity index (χ1) is 28.7. The molecule has 13 heteroatoms. The van der Waals surface area contributed by atoms with Gasteiger partial charge in [0.1, 0.15) is 35.2 Å². The molecule has 6 rings (SSSR count). The predicted octanol–water partition coefficient (Wildman–Crippen LogP) is 8.83. The Balaban J connectivity index is 1.38. The average Bonchev–Trinajstić information content (AvgIpc) is 3.65. The van der Waals surface area contributed by atoms with Crippen molar-refractivity contribution in [3.63, 3.8) is 0 Å². The lowest BCUT2D eigenvalue weighted by molar-refractivity contribution is -0.0925. The summed E-state index contributed by atoms with van der Waals surface area (Å²) in [4.78, 5) is 18.1. The van der Waals surface area contributed by atoms with Gasteiger partial charge in [-0.2, -0.15) is 10.2 Å². The van der Waals surface area contributed by atoms with Gasteiger partial charge in [-0.1, -0.05) is 84.9 Å². The third-order valence-electron chi connectivity index (χ3n) is 10.2. The number of ether oxygens (including phenoxy) is 4. The highest BCUT2D eigenvalue weighted by Crippen LogP contribution is 2.50. The van der Waals surface area contributed by atoms with Crippen molar-refractivity contribution in [3.05, 3.63) is 154 Å². The van der Waals surface area contributed by atoms with E-state index in [2.05, 4.69) is 48.7 Å². The van der Waals surface area contributed by atoms with Gasteiger partial charge < -0.3 is 33.3 Å². The van der Waals surface area contributed by atoms with Gasteiger partial charge in [0, 0.05) is 31.2 Å². The summed E-state index contributed by atoms with van der Waals surface area (Å²) in [5.74, 6) is 1.89. The molecule has 59 heavy (non-hydrogen) atoms. The summed E-state index contributed by atoms with van der Waals surface area (Å²) in [5.41, 5.74) is 2.13. The second-order valence-electron chi connectivity index (χ2n) is 14.7. The number of benzene rings is 4. The zero-order chi connectivity index (χ0) is 41.8. The Kier molecular flexibility index (Phi) is 15.3. The van der Waals surface area contributed by atoms with Gasteiger partial charge in [0.05, 0.1) is 46.0 Å². The molecule has 1 aromatic heterocycles. The van der Waals surface area contributed by atoms with Gasteiger partial charge in [0.25, 0.3) is 8.53 Å². The minimum absolute atomic E-state index is 0.0672. The number of nitriles is 1. The fraction of sp³-hybridized carbons (Fsp3) is 0.370. The number of methoxy groups -OCH3 is 2. The second-order valence-corrected chi connectivity index (χ2v) is 16.1. The number of hydrogen-bond acceptors (Lipinski definition) is 11. The van der Waals surface area contributed by atoms with Crippen LogP contribution in [0.1, 0.15) is 69.0 Å². The Morgan fingerprint density at radius 3 is 1.98 bits per heavy atom. The van der Waals surface area contributed by atoms with E-state index in [-0.39, 0.29) is 31.7 Å². The van der Waals surface area contributed by atoms with Gasteiger partial charge >= 0.3 is 5.69 Å². The van der Waals surface area contributed by atoms with E-state index < -0.39 is 38.3 Å². The number of nitrogens with zero attached hydrogens (tertiary/aromatic N) is 4. The third kappa shape index (κ3) is 10.6. The molecule has 1 unspecified atom stereocenters. The average molecular weight is 820 g/mol. The molecule has 5 aromatic rings. The minimum Gasteiger partial charge on any atom is -0.497 e. The second kappa shape index (κ2) is 20.7. The fourth-order valence-corrected chi connectivity index (χ4v) is 9.10. The van der Waals surface area contributed by atoms with E-state index in [1.807, 2.05) is 109 Å². The lowest BCUT2D eigenvalue weighted by atomic mass is 9.80. The normalized spacial score (nSPS) is 17.3. The molecule has 0 amide bonds. The van der Waals surface area contributed by atoms with Gasteiger partial charge in [0.15, 0.2) is 0 Å². The summed E-state index contributed by atoms with van der Waals surface area (Å²) in [6.45, 7) is 9.18. The number of nitrogens with one attached hydrogen (secondary N) is 1. The highest BCUT2D eigenvalue weighted by atomic mass is 31.2. The van der Waals surface area contributed by atoms with E-state index in [4.69, 9.17) is 28.0 Å². The first-order valence-electron chi connectivity index (χ1n) is 19.9. The van der Waals surface area contributed by atoms with E-state index in [1.54, 1.807) is 26.5 Å². The molecular formula is C46H54N5O7P. The van der Waals surface area contributed by atoms with Gasteiger partial charge in [-0.3, -0.25) is 4.57 Å². The Morgan fingerprint density at radius 1 is 0.864 bits per heavy atom. The topological polar surface area (TPSA) is 129 Å². The van der Waals surface area contributed by atoms with Gasteiger partial charge in [-0.15, -0.1) is 0 Å². The third-order valence-corrected chi connectivity index (χ3v) is 12.3. The number of aromatic nitrogens is 2. The first-order valence-corrected chi connectivity index (χ1v) is 21.1. The summed E-state index contributed by atoms with van der Waals surface area (Å²) in [6, 6.07) is 39.8. The quantitative estimate of drug-likeness (QED) is 0.0460. The van der Waals surface area contributed by atoms with E-state index in [0.717, 1.165) is 22.3 Å². The molecule has 1 N–H and O–H groups in total. The highest BCUT2D eigenvalue weighted by Gasteiger charge is 2.45. The largest absolute Gasteiger partial charge is 0.497 e. The van der Waals surface area contributed by atoms with Crippen LogP contribution in [0.15, 0.2) is 126 Å². The Hall–Kier alpha value is -5.12. The lowest BCUT2D eigenvalue weighted by Crippen LogP contribution is -2.39. The van der Waals surface area contributed by atoms with Gasteiger partial charge in [0.2, 0.25) is 0 Å². The minimum atomic E-state index is -1.66. The Morgan fingerprint density at radius 2 is 1.44 bits per heavy atom. The van der Waals surface area contributed by atoms with Gasteiger partial charge in [-0.25, -0.2) is 9.46 Å². The van der Waals surface area contributed by atoms with E-state index >= 15 is 0 Å². The highest BCUT2D eigenvalue weighted by molar-refractivity contribution is 7.44. The molecule has 1 aliphatic heterocycles. The molecule has 12 nitrogen and oxygen atoms in total. The summed E-state index contributed by atoms with van der Waals surface area (Å²) in [7, 11) is 1.63. The first kappa shape index (κ1) is 43.5. The van der Waals surface area contributed by atoms with Crippen LogP contribution in [-0.2, 0) is 30.7 Å². The van der Waals surface area contributed by atoms with Crippen LogP contribution in [0.5, 0.6) is 11.5 Å². The molecule has 4 aromatic carbocycles. The number of rotatable bonds is 20. The van der Waals surface area contributed by atoms with Crippen molar-refractivity contribution < 1.29 is 28.0 Å². The number of anilines is 1. The maximum atomic E-state index is 13.7. The molecule has 0 saturated carbocycles. The monoisotopic (exact) mass is 819 g/mol. The standard InChI is InChI=1S/C46H54N5O7P/c1-33(2)51(34(3)4)59(56-29-13-27-47)58-41-30-44(50-28-26-43(49-45(50)52)48-31-35-14-9-7-10-15-35)57-42(41)32-55-46(36-16-11-8-12-17-36,37-18-22-39(53-5)23-19-37)38-20-24-40(54-6)25-21-38/h7-12,14-26,28,33-34,41-42,44H,13,29-32H2,1-6H3,(H,48,49,52)/t41-,42-,44-,59?/m1/s1. The molecule has 2 heterocycles. The maximum Gasteiger partial charge on any atom is 0.351 e. The smallest absolute Gasteiger partial charge is 0.351 e. The molecular weight excluding hydrogens is 766 g/mol. The maximum absolute atomic E-state index is 13.7. The molecule has 1 aliphatic rings. The molecule has 0 spiro atoms. The van der Waals surface area contributed by atoms with Crippen LogP contribution >= 0.6 is 8.53 Å². The molecule has 4 atom stereocenters.